The molecule has 4 N–H and O–H groups in total. The molecule has 3 rings (SSSR count). The first-order chi connectivity index (χ1) is 22.4. The Morgan fingerprint density at radius 2 is 1.54 bits per heavy atom. The Hall–Kier alpha value is -3.21. The van der Waals surface area contributed by atoms with E-state index < -0.39 is 18.4 Å². The molecule has 1 aromatic heterocycles. The summed E-state index contributed by atoms with van der Waals surface area (Å²) < 4.78 is 48.5. The number of carbonyl (C=O) groups is 1. The van der Waals surface area contributed by atoms with Crippen molar-refractivity contribution in [3.63, 3.8) is 0 Å². The molecular formula is C30H37Cl2F2N5O7. The van der Waals surface area contributed by atoms with Gasteiger partial charge in [-0.1, -0.05) is 29.3 Å². The van der Waals surface area contributed by atoms with Crippen LogP contribution in [-0.4, -0.2) is 117 Å². The Labute approximate surface area is 275 Å². The Morgan fingerprint density at radius 1 is 0.891 bits per heavy atom. The molecule has 0 radical (unpaired) electrons. The summed E-state index contributed by atoms with van der Waals surface area (Å²) >= 11 is 12.0. The van der Waals surface area contributed by atoms with Crippen molar-refractivity contribution in [3.05, 3.63) is 58.6 Å². The number of anilines is 3. The van der Waals surface area contributed by atoms with Crippen molar-refractivity contribution >= 4 is 57.2 Å². The van der Waals surface area contributed by atoms with Gasteiger partial charge in [0.05, 0.1) is 79.8 Å². The fraction of sp³-hybridized carbons (Fsp3) is 0.433. The SMILES string of the molecule is O=C(/C=C/CN(CCO)CCO)Nc1cc2c(Nc3cc(Cl)c(Cl)cc3F)ncnc2cc1OCCOCCOCCOCC[18F]. The van der Waals surface area contributed by atoms with Crippen LogP contribution in [0.4, 0.5) is 26.0 Å². The highest BCUT2D eigenvalue weighted by atomic mass is 35.5. The van der Waals surface area contributed by atoms with Crippen LogP contribution in [-0.2, 0) is 19.0 Å². The van der Waals surface area contributed by atoms with Crippen LogP contribution in [0.2, 0.25) is 10.0 Å². The van der Waals surface area contributed by atoms with Crippen molar-refractivity contribution < 1.29 is 42.7 Å². The lowest BCUT2D eigenvalue weighted by Gasteiger charge is -2.17. The smallest absolute Gasteiger partial charge is 0.248 e. The largest absolute Gasteiger partial charge is 0.489 e. The van der Waals surface area contributed by atoms with Gasteiger partial charge >= 0.3 is 0 Å². The number of benzene rings is 2. The maximum atomic E-state index is 14.6. The zero-order chi connectivity index (χ0) is 33.1. The number of amides is 1. The summed E-state index contributed by atoms with van der Waals surface area (Å²) in [4.78, 5) is 23.2. The third kappa shape index (κ3) is 12.5. The maximum Gasteiger partial charge on any atom is 0.248 e. The second-order valence-corrected chi connectivity index (χ2v) is 10.3. The van der Waals surface area contributed by atoms with Gasteiger partial charge in [-0.25, -0.2) is 18.7 Å². The molecule has 0 spiro atoms. The highest BCUT2D eigenvalue weighted by molar-refractivity contribution is 6.42. The predicted molar refractivity (Wildman–Crippen MR) is 172 cm³/mol. The fourth-order valence-electron chi connectivity index (χ4n) is 4.01. The molecule has 1 amide bonds. The van der Waals surface area contributed by atoms with Crippen molar-refractivity contribution in [3.8, 4) is 5.75 Å². The first-order valence-electron chi connectivity index (χ1n) is 14.4. The lowest BCUT2D eigenvalue weighted by Crippen LogP contribution is -2.30. The lowest BCUT2D eigenvalue weighted by atomic mass is 10.1. The number of carbonyl (C=O) groups excluding carboxylic acids is 1. The van der Waals surface area contributed by atoms with E-state index in [1.807, 2.05) is 0 Å². The van der Waals surface area contributed by atoms with Gasteiger partial charge in [0.25, 0.3) is 0 Å². The van der Waals surface area contributed by atoms with E-state index in [9.17, 15) is 23.8 Å². The average Bonchev–Trinajstić information content (AvgIpc) is 3.03. The number of halogens is 4. The van der Waals surface area contributed by atoms with Crippen molar-refractivity contribution in [2.24, 2.45) is 0 Å². The van der Waals surface area contributed by atoms with Gasteiger partial charge in [0.2, 0.25) is 5.91 Å². The summed E-state index contributed by atoms with van der Waals surface area (Å²) in [5.74, 6) is -0.580. The minimum Gasteiger partial charge on any atom is -0.489 e. The number of nitrogens with one attached hydrogen (secondary N) is 2. The second-order valence-electron chi connectivity index (χ2n) is 9.47. The highest BCUT2D eigenvalue weighted by Gasteiger charge is 2.15. The Balaban J connectivity index is 1.74. The fourth-order valence-corrected chi connectivity index (χ4v) is 4.33. The van der Waals surface area contributed by atoms with Gasteiger partial charge in [0.15, 0.2) is 0 Å². The van der Waals surface area contributed by atoms with E-state index in [4.69, 9.17) is 42.1 Å². The van der Waals surface area contributed by atoms with Crippen LogP contribution in [0, 0.1) is 5.82 Å². The number of fused-ring (bicyclic) bond motifs is 1. The lowest BCUT2D eigenvalue weighted by molar-refractivity contribution is -0.111. The summed E-state index contributed by atoms with van der Waals surface area (Å²) in [5.41, 5.74) is 0.759. The highest BCUT2D eigenvalue weighted by Crippen LogP contribution is 2.35. The van der Waals surface area contributed by atoms with Gasteiger partial charge in [0.1, 0.15) is 37.0 Å². The summed E-state index contributed by atoms with van der Waals surface area (Å²) in [6.07, 6.45) is 4.23. The Morgan fingerprint density at radius 3 is 2.22 bits per heavy atom. The number of aliphatic hydroxyl groups excluding tert-OH is 2. The molecule has 16 heteroatoms. The molecule has 0 fully saturated rings. The van der Waals surface area contributed by atoms with E-state index in [1.54, 1.807) is 23.1 Å². The van der Waals surface area contributed by atoms with Gasteiger partial charge in [0, 0.05) is 37.2 Å². The standard InChI is InChI=1S/C30H37Cl2F2N5O7/c31-22-17-24(34)26(18-23(22)32)38-30-21-16-27(37-29(42)2-1-4-39(5-7-40)6-8-41)28(19-25(21)35-20-36-30)46-15-14-45-13-12-44-11-10-43-9-3-33/h1-2,16-20,40-41H,3-15H2,(H,37,42)(H,35,36,38)/b2-1+/i33-1. The molecule has 0 unspecified atom stereocenters. The third-order valence-corrected chi connectivity index (χ3v) is 6.90. The topological polar surface area (TPSA) is 148 Å². The van der Waals surface area contributed by atoms with Crippen LogP contribution in [0.25, 0.3) is 10.9 Å². The summed E-state index contributed by atoms with van der Waals surface area (Å²) in [6, 6.07) is 5.62. The van der Waals surface area contributed by atoms with Crippen LogP contribution < -0.4 is 15.4 Å². The number of aromatic nitrogens is 2. The normalized spacial score (nSPS) is 11.5. The van der Waals surface area contributed by atoms with Crippen LogP contribution in [0.1, 0.15) is 0 Å². The summed E-state index contributed by atoms with van der Waals surface area (Å²) in [6.45, 7) is 1.93. The molecule has 0 saturated heterocycles. The zero-order valence-electron chi connectivity index (χ0n) is 25.0. The number of aliphatic hydroxyl groups is 2. The third-order valence-electron chi connectivity index (χ3n) is 6.17. The summed E-state index contributed by atoms with van der Waals surface area (Å²) in [5, 5.41) is 24.7. The van der Waals surface area contributed by atoms with Crippen molar-refractivity contribution in [2.75, 3.05) is 96.4 Å². The maximum absolute atomic E-state index is 14.6. The minimum absolute atomic E-state index is 0.0342. The molecule has 2 aromatic carbocycles. The molecule has 0 bridgehead atoms. The monoisotopic (exact) mass is 686 g/mol. The Kier molecular flexibility index (Phi) is 16.9. The van der Waals surface area contributed by atoms with Crippen molar-refractivity contribution in [1.29, 1.82) is 0 Å². The first-order valence-corrected chi connectivity index (χ1v) is 15.2. The van der Waals surface area contributed by atoms with Gasteiger partial charge in [-0.2, -0.15) is 0 Å². The van der Waals surface area contributed by atoms with Crippen LogP contribution >= 0.6 is 23.2 Å². The molecule has 0 atom stereocenters. The second kappa shape index (κ2) is 20.8. The molecule has 46 heavy (non-hydrogen) atoms. The van der Waals surface area contributed by atoms with E-state index in [2.05, 4.69) is 20.6 Å². The van der Waals surface area contributed by atoms with Crippen LogP contribution in [0.15, 0.2) is 42.7 Å². The number of rotatable bonds is 22. The van der Waals surface area contributed by atoms with Crippen LogP contribution in [0.3, 0.4) is 0 Å². The number of hydrogen-bond donors (Lipinski definition) is 4. The molecule has 0 aliphatic rings. The molecule has 3 aromatic rings. The molecule has 12 nitrogen and oxygen atoms in total. The van der Waals surface area contributed by atoms with E-state index in [1.165, 1.54) is 18.5 Å². The van der Waals surface area contributed by atoms with E-state index in [-0.39, 0.29) is 60.3 Å². The zero-order valence-corrected chi connectivity index (χ0v) is 26.5. The minimum atomic E-state index is -0.647. The first kappa shape index (κ1) is 37.2. The summed E-state index contributed by atoms with van der Waals surface area (Å²) in [7, 11) is 0. The van der Waals surface area contributed by atoms with Crippen LogP contribution in [0.5, 0.6) is 5.75 Å². The quantitative estimate of drug-likeness (QED) is 0.0691. The van der Waals surface area contributed by atoms with E-state index in [0.29, 0.717) is 62.7 Å². The number of alkyl halides is 1. The molecule has 252 valence electrons. The average molecular weight is 688 g/mol. The van der Waals surface area contributed by atoms with Crippen molar-refractivity contribution in [2.45, 2.75) is 0 Å². The van der Waals surface area contributed by atoms with Gasteiger partial charge in [-0.15, -0.1) is 0 Å². The molecule has 0 saturated carbocycles. The van der Waals surface area contributed by atoms with Gasteiger partial charge < -0.3 is 39.8 Å². The molecule has 0 aliphatic carbocycles. The molecular weight excluding hydrogens is 650 g/mol. The van der Waals surface area contributed by atoms with Gasteiger partial charge in [-0.3, -0.25) is 9.69 Å². The molecule has 1 heterocycles. The van der Waals surface area contributed by atoms with Crippen molar-refractivity contribution in [1.82, 2.24) is 14.9 Å². The predicted octanol–water partition coefficient (Wildman–Crippen LogP) is 4.00. The van der Waals surface area contributed by atoms with E-state index in [0.717, 1.165) is 6.07 Å². The number of hydrogen-bond acceptors (Lipinski definition) is 11. The Bertz CT molecular complexity index is 1420. The number of nitrogens with zero attached hydrogens (tertiary/aromatic N) is 3. The number of ether oxygens (including phenoxy) is 4. The molecule has 0 aliphatic heterocycles. The van der Waals surface area contributed by atoms with Gasteiger partial charge in [-0.05, 0) is 18.2 Å². The van der Waals surface area contributed by atoms with E-state index >= 15 is 0 Å².